The molecule has 0 aliphatic rings. The van der Waals surface area contributed by atoms with Gasteiger partial charge in [0.1, 0.15) is 11.8 Å². The smallest absolute Gasteiger partial charge is 0.326 e. The minimum absolute atomic E-state index is 0.115. The maximum atomic E-state index is 11.8. The molecule has 22 heavy (non-hydrogen) atoms. The standard InChI is InChI=1S/C16H20N2O4/c1-9(2)5-15(20)18-14(16(21)22)6-10-8-17-13-4-3-11(19)7-12(10)13/h3-4,7-9,14,17,19H,5-6H2,1-2H3,(H,18,20)(H,21,22). The van der Waals surface area contributed by atoms with Crippen molar-refractivity contribution in [1.82, 2.24) is 10.3 Å². The quantitative estimate of drug-likeness (QED) is 0.655. The van der Waals surface area contributed by atoms with E-state index in [4.69, 9.17) is 0 Å². The molecule has 1 atom stereocenters. The molecule has 0 aliphatic carbocycles. The van der Waals surface area contributed by atoms with Crippen LogP contribution < -0.4 is 5.32 Å². The molecule has 1 heterocycles. The molecule has 6 heteroatoms. The van der Waals surface area contributed by atoms with Crippen LogP contribution in [0.25, 0.3) is 10.9 Å². The molecule has 1 aromatic carbocycles. The van der Waals surface area contributed by atoms with Crippen molar-refractivity contribution < 1.29 is 19.8 Å². The number of benzene rings is 1. The molecule has 0 bridgehead atoms. The van der Waals surface area contributed by atoms with Gasteiger partial charge < -0.3 is 20.5 Å². The second-order valence-corrected chi connectivity index (χ2v) is 5.80. The van der Waals surface area contributed by atoms with E-state index in [-0.39, 0.29) is 24.0 Å². The zero-order valence-electron chi connectivity index (χ0n) is 12.6. The number of carboxylic acids is 1. The summed E-state index contributed by atoms with van der Waals surface area (Å²) >= 11 is 0. The lowest BCUT2D eigenvalue weighted by Crippen LogP contribution is -2.42. The average Bonchev–Trinajstić information content (AvgIpc) is 2.79. The van der Waals surface area contributed by atoms with Crippen LogP contribution in [0.2, 0.25) is 0 Å². The number of phenols is 1. The fourth-order valence-corrected chi connectivity index (χ4v) is 2.38. The molecular formula is C16H20N2O4. The van der Waals surface area contributed by atoms with E-state index in [0.717, 1.165) is 16.5 Å². The summed E-state index contributed by atoms with van der Waals surface area (Å²) in [6.07, 6.45) is 2.15. The number of aromatic nitrogens is 1. The van der Waals surface area contributed by atoms with Gasteiger partial charge in [0.25, 0.3) is 0 Å². The monoisotopic (exact) mass is 304 g/mol. The SMILES string of the molecule is CC(C)CC(=O)NC(Cc1c[nH]c2ccc(O)cc12)C(=O)O. The van der Waals surface area contributed by atoms with Crippen molar-refractivity contribution in [3.63, 3.8) is 0 Å². The maximum absolute atomic E-state index is 11.8. The summed E-state index contributed by atoms with van der Waals surface area (Å²) in [5, 5.41) is 22.2. The number of H-pyrrole nitrogens is 1. The molecule has 2 aromatic rings. The van der Waals surface area contributed by atoms with Gasteiger partial charge in [-0.2, -0.15) is 0 Å². The van der Waals surface area contributed by atoms with Crippen LogP contribution in [0.5, 0.6) is 5.75 Å². The maximum Gasteiger partial charge on any atom is 0.326 e. The van der Waals surface area contributed by atoms with Crippen LogP contribution in [0.3, 0.4) is 0 Å². The molecule has 4 N–H and O–H groups in total. The predicted molar refractivity (Wildman–Crippen MR) is 82.7 cm³/mol. The molecule has 0 saturated carbocycles. The number of aliphatic carboxylic acids is 1. The Kier molecular flexibility index (Phi) is 4.70. The van der Waals surface area contributed by atoms with Crippen LogP contribution in [0.15, 0.2) is 24.4 Å². The summed E-state index contributed by atoms with van der Waals surface area (Å²) in [6.45, 7) is 3.80. The largest absolute Gasteiger partial charge is 0.508 e. The van der Waals surface area contributed by atoms with Gasteiger partial charge in [-0.15, -0.1) is 0 Å². The van der Waals surface area contributed by atoms with Crippen molar-refractivity contribution in [2.45, 2.75) is 32.7 Å². The topological polar surface area (TPSA) is 102 Å². The van der Waals surface area contributed by atoms with Gasteiger partial charge in [0.15, 0.2) is 0 Å². The van der Waals surface area contributed by atoms with E-state index >= 15 is 0 Å². The number of rotatable bonds is 6. The number of aromatic hydroxyl groups is 1. The lowest BCUT2D eigenvalue weighted by Gasteiger charge is -2.15. The number of hydrogen-bond acceptors (Lipinski definition) is 3. The molecule has 1 amide bonds. The molecule has 1 aromatic heterocycles. The summed E-state index contributed by atoms with van der Waals surface area (Å²) in [7, 11) is 0. The van der Waals surface area contributed by atoms with Crippen molar-refractivity contribution in [2.75, 3.05) is 0 Å². The van der Waals surface area contributed by atoms with Crippen LogP contribution >= 0.6 is 0 Å². The van der Waals surface area contributed by atoms with Crippen LogP contribution in [0.1, 0.15) is 25.8 Å². The lowest BCUT2D eigenvalue weighted by molar-refractivity contribution is -0.141. The highest BCUT2D eigenvalue weighted by Gasteiger charge is 2.22. The van der Waals surface area contributed by atoms with Crippen LogP contribution in [-0.2, 0) is 16.0 Å². The first-order chi connectivity index (χ1) is 10.4. The molecule has 2 rings (SSSR count). The first-order valence-corrected chi connectivity index (χ1v) is 7.18. The number of fused-ring (bicyclic) bond motifs is 1. The second-order valence-electron chi connectivity index (χ2n) is 5.80. The molecule has 0 fully saturated rings. The molecule has 0 radical (unpaired) electrons. The van der Waals surface area contributed by atoms with Gasteiger partial charge in [-0.25, -0.2) is 4.79 Å². The van der Waals surface area contributed by atoms with E-state index in [0.29, 0.717) is 6.42 Å². The molecule has 118 valence electrons. The normalized spacial score (nSPS) is 12.5. The Balaban J connectivity index is 2.18. The average molecular weight is 304 g/mol. The highest BCUT2D eigenvalue weighted by atomic mass is 16.4. The zero-order valence-corrected chi connectivity index (χ0v) is 12.6. The molecule has 0 spiro atoms. The first-order valence-electron chi connectivity index (χ1n) is 7.18. The van der Waals surface area contributed by atoms with E-state index in [1.54, 1.807) is 24.4 Å². The van der Waals surface area contributed by atoms with Crippen molar-refractivity contribution in [2.24, 2.45) is 5.92 Å². The number of carbonyl (C=O) groups excluding carboxylic acids is 1. The van der Waals surface area contributed by atoms with E-state index < -0.39 is 12.0 Å². The minimum atomic E-state index is -1.08. The zero-order chi connectivity index (χ0) is 16.3. The third-order valence-electron chi connectivity index (χ3n) is 3.40. The van der Waals surface area contributed by atoms with Gasteiger partial charge in [0.2, 0.25) is 5.91 Å². The summed E-state index contributed by atoms with van der Waals surface area (Å²) in [5.74, 6) is -1.07. The van der Waals surface area contributed by atoms with E-state index in [2.05, 4.69) is 10.3 Å². The van der Waals surface area contributed by atoms with Crippen molar-refractivity contribution in [3.8, 4) is 5.75 Å². The highest BCUT2D eigenvalue weighted by molar-refractivity contribution is 5.87. The van der Waals surface area contributed by atoms with Gasteiger partial charge in [0, 0.05) is 29.9 Å². The Morgan fingerprint density at radius 3 is 2.68 bits per heavy atom. The first kappa shape index (κ1) is 15.9. The fraction of sp³-hybridized carbons (Fsp3) is 0.375. The summed E-state index contributed by atoms with van der Waals surface area (Å²) in [4.78, 5) is 26.2. The Labute approximate surface area is 128 Å². The van der Waals surface area contributed by atoms with E-state index in [1.807, 2.05) is 13.8 Å². The Hall–Kier alpha value is -2.50. The van der Waals surface area contributed by atoms with Gasteiger partial charge in [-0.05, 0) is 29.7 Å². The minimum Gasteiger partial charge on any atom is -0.508 e. The Morgan fingerprint density at radius 1 is 1.32 bits per heavy atom. The number of phenolic OH excluding ortho intramolecular Hbond substituents is 1. The fourth-order valence-electron chi connectivity index (χ4n) is 2.38. The summed E-state index contributed by atoms with van der Waals surface area (Å²) in [6, 6.07) is 3.87. The van der Waals surface area contributed by atoms with Gasteiger partial charge >= 0.3 is 5.97 Å². The molecule has 0 saturated heterocycles. The van der Waals surface area contributed by atoms with Crippen LogP contribution in [0, 0.1) is 5.92 Å². The van der Waals surface area contributed by atoms with Gasteiger partial charge in [0.05, 0.1) is 0 Å². The van der Waals surface area contributed by atoms with E-state index in [9.17, 15) is 19.8 Å². The number of carboxylic acid groups (broad SMARTS) is 1. The summed E-state index contributed by atoms with van der Waals surface area (Å²) < 4.78 is 0. The van der Waals surface area contributed by atoms with Crippen molar-refractivity contribution >= 4 is 22.8 Å². The molecule has 6 nitrogen and oxygen atoms in total. The second kappa shape index (κ2) is 6.51. The van der Waals surface area contributed by atoms with Crippen molar-refractivity contribution in [1.29, 1.82) is 0 Å². The van der Waals surface area contributed by atoms with Crippen LogP contribution in [-0.4, -0.2) is 33.1 Å². The Bertz CT molecular complexity index is 691. The van der Waals surface area contributed by atoms with Gasteiger partial charge in [-0.1, -0.05) is 13.8 Å². The molecule has 1 unspecified atom stereocenters. The lowest BCUT2D eigenvalue weighted by atomic mass is 10.0. The third-order valence-corrected chi connectivity index (χ3v) is 3.40. The number of nitrogens with one attached hydrogen (secondary N) is 2. The highest BCUT2D eigenvalue weighted by Crippen LogP contribution is 2.24. The molecule has 0 aliphatic heterocycles. The number of carbonyl (C=O) groups is 2. The van der Waals surface area contributed by atoms with E-state index in [1.165, 1.54) is 0 Å². The predicted octanol–water partition coefficient (Wildman–Crippen LogP) is 2.03. The summed E-state index contributed by atoms with van der Waals surface area (Å²) in [5.41, 5.74) is 1.55. The number of aromatic amines is 1. The number of amides is 1. The number of hydrogen-bond donors (Lipinski definition) is 4. The van der Waals surface area contributed by atoms with Crippen molar-refractivity contribution in [3.05, 3.63) is 30.0 Å². The van der Waals surface area contributed by atoms with Crippen LogP contribution in [0.4, 0.5) is 0 Å². The van der Waals surface area contributed by atoms with Gasteiger partial charge in [-0.3, -0.25) is 4.79 Å². The molecular weight excluding hydrogens is 284 g/mol. The Morgan fingerprint density at radius 2 is 2.05 bits per heavy atom. The third kappa shape index (κ3) is 3.78.